The van der Waals surface area contributed by atoms with Crippen LogP contribution in [-0.2, 0) is 0 Å². The van der Waals surface area contributed by atoms with Crippen LogP contribution < -0.4 is 20.7 Å². The van der Waals surface area contributed by atoms with Gasteiger partial charge in [0.05, 0.1) is 7.11 Å². The molecule has 0 radical (unpaired) electrons. The quantitative estimate of drug-likeness (QED) is 0.784. The Morgan fingerprint density at radius 2 is 2.22 bits per heavy atom. The zero-order valence-corrected chi connectivity index (χ0v) is 13.8. The first-order chi connectivity index (χ1) is 11.2. The first-order valence-electron chi connectivity index (χ1n) is 7.63. The molecule has 0 unspecified atom stereocenters. The molecule has 1 aromatic carbocycles. The van der Waals surface area contributed by atoms with Crippen molar-refractivity contribution in [1.82, 2.24) is 15.6 Å². The van der Waals surface area contributed by atoms with Crippen LogP contribution in [0.3, 0.4) is 0 Å². The minimum absolute atomic E-state index is 0.113. The normalized spacial score (nSPS) is 17.5. The molecule has 0 spiro atoms. The van der Waals surface area contributed by atoms with Crippen LogP contribution in [0.25, 0.3) is 0 Å². The maximum absolute atomic E-state index is 12.2. The maximum atomic E-state index is 12.2. The van der Waals surface area contributed by atoms with E-state index >= 15 is 0 Å². The molecule has 1 fully saturated rings. The second-order valence-electron chi connectivity index (χ2n) is 5.41. The number of methoxy groups -OCH3 is 1. The second kappa shape index (κ2) is 7.43. The average Bonchev–Trinajstić information content (AvgIpc) is 3.05. The number of piperidine rings is 1. The fourth-order valence-corrected chi connectivity index (χ4v) is 3.18. The Kier molecular flexibility index (Phi) is 5.09. The molecule has 1 amide bonds. The van der Waals surface area contributed by atoms with Crippen LogP contribution >= 0.6 is 11.3 Å². The van der Waals surface area contributed by atoms with Gasteiger partial charge in [-0.15, -0.1) is 11.3 Å². The van der Waals surface area contributed by atoms with E-state index in [0.29, 0.717) is 10.8 Å². The van der Waals surface area contributed by atoms with Gasteiger partial charge in [0.25, 0.3) is 5.91 Å². The fourth-order valence-electron chi connectivity index (χ4n) is 2.47. The van der Waals surface area contributed by atoms with Crippen LogP contribution in [0.15, 0.2) is 29.6 Å². The zero-order valence-electron chi connectivity index (χ0n) is 13.0. The van der Waals surface area contributed by atoms with Gasteiger partial charge in [-0.3, -0.25) is 4.79 Å². The van der Waals surface area contributed by atoms with Crippen molar-refractivity contribution in [2.75, 3.05) is 25.5 Å². The minimum atomic E-state index is -0.113. The number of thiazole rings is 1. The lowest BCUT2D eigenvalue weighted by molar-refractivity contribution is 0.0926. The van der Waals surface area contributed by atoms with E-state index in [0.717, 1.165) is 37.4 Å². The Bertz CT molecular complexity index is 650. The average molecular weight is 332 g/mol. The van der Waals surface area contributed by atoms with Crippen LogP contribution in [-0.4, -0.2) is 37.1 Å². The van der Waals surface area contributed by atoms with Gasteiger partial charge in [-0.2, -0.15) is 0 Å². The summed E-state index contributed by atoms with van der Waals surface area (Å²) in [5.74, 6) is 0.688. The number of ether oxygens (including phenoxy) is 1. The van der Waals surface area contributed by atoms with E-state index in [2.05, 4.69) is 20.9 Å². The zero-order chi connectivity index (χ0) is 16.1. The molecule has 0 bridgehead atoms. The summed E-state index contributed by atoms with van der Waals surface area (Å²) < 4.78 is 5.13. The number of hydrogen-bond donors (Lipinski definition) is 3. The molecule has 7 heteroatoms. The minimum Gasteiger partial charge on any atom is -0.497 e. The van der Waals surface area contributed by atoms with E-state index in [1.807, 2.05) is 24.3 Å². The van der Waals surface area contributed by atoms with Gasteiger partial charge in [0.1, 0.15) is 11.4 Å². The molecule has 2 aromatic rings. The van der Waals surface area contributed by atoms with Crippen LogP contribution in [0.5, 0.6) is 5.75 Å². The lowest BCUT2D eigenvalue weighted by atomic mass is 10.1. The highest BCUT2D eigenvalue weighted by molar-refractivity contribution is 7.14. The van der Waals surface area contributed by atoms with Crippen molar-refractivity contribution >= 4 is 28.1 Å². The van der Waals surface area contributed by atoms with Gasteiger partial charge < -0.3 is 20.7 Å². The standard InChI is InChI=1S/C16H20N4O2S/c1-22-13-6-4-11(5-7-13)19-16-20-14(10-23-16)15(21)18-12-3-2-8-17-9-12/h4-7,10,12,17H,2-3,8-9H2,1H3,(H,18,21)(H,19,20)/t12-/m0/s1. The highest BCUT2D eigenvalue weighted by Crippen LogP contribution is 2.23. The van der Waals surface area contributed by atoms with Gasteiger partial charge in [-0.05, 0) is 43.7 Å². The topological polar surface area (TPSA) is 75.3 Å². The summed E-state index contributed by atoms with van der Waals surface area (Å²) in [6.07, 6.45) is 2.10. The van der Waals surface area contributed by atoms with Gasteiger partial charge >= 0.3 is 0 Å². The third kappa shape index (κ3) is 4.20. The number of rotatable bonds is 5. The monoisotopic (exact) mass is 332 g/mol. The Morgan fingerprint density at radius 3 is 2.91 bits per heavy atom. The maximum Gasteiger partial charge on any atom is 0.271 e. The summed E-state index contributed by atoms with van der Waals surface area (Å²) in [6.45, 7) is 1.85. The van der Waals surface area contributed by atoms with Gasteiger partial charge in [0.2, 0.25) is 0 Å². The van der Waals surface area contributed by atoms with Crippen LogP contribution in [0.2, 0.25) is 0 Å². The Hall–Kier alpha value is -2.12. The first kappa shape index (κ1) is 15.8. The number of nitrogens with zero attached hydrogens (tertiary/aromatic N) is 1. The van der Waals surface area contributed by atoms with Crippen molar-refractivity contribution in [3.05, 3.63) is 35.3 Å². The summed E-state index contributed by atoms with van der Waals surface area (Å²) in [4.78, 5) is 16.6. The molecule has 1 aliphatic heterocycles. The van der Waals surface area contributed by atoms with E-state index in [9.17, 15) is 4.79 Å². The lowest BCUT2D eigenvalue weighted by Gasteiger charge is -2.23. The van der Waals surface area contributed by atoms with Crippen molar-refractivity contribution in [2.24, 2.45) is 0 Å². The molecular formula is C16H20N4O2S. The highest BCUT2D eigenvalue weighted by atomic mass is 32.1. The Morgan fingerprint density at radius 1 is 1.39 bits per heavy atom. The van der Waals surface area contributed by atoms with Crippen LogP contribution in [0.4, 0.5) is 10.8 Å². The Labute approximate surface area is 139 Å². The molecule has 6 nitrogen and oxygen atoms in total. The van der Waals surface area contributed by atoms with Crippen LogP contribution in [0, 0.1) is 0 Å². The molecule has 1 aromatic heterocycles. The predicted octanol–water partition coefficient (Wildman–Crippen LogP) is 2.38. The number of carbonyl (C=O) groups excluding carboxylic acids is 1. The fraction of sp³-hybridized carbons (Fsp3) is 0.375. The van der Waals surface area contributed by atoms with E-state index < -0.39 is 0 Å². The molecular weight excluding hydrogens is 312 g/mol. The molecule has 3 N–H and O–H groups in total. The van der Waals surface area contributed by atoms with Crippen molar-refractivity contribution in [3.63, 3.8) is 0 Å². The number of anilines is 2. The lowest BCUT2D eigenvalue weighted by Crippen LogP contribution is -2.45. The molecule has 2 heterocycles. The molecule has 0 saturated carbocycles. The number of aromatic nitrogens is 1. The molecule has 1 atom stereocenters. The summed E-state index contributed by atoms with van der Waals surface area (Å²) >= 11 is 1.41. The number of hydrogen-bond acceptors (Lipinski definition) is 6. The van der Waals surface area contributed by atoms with Crippen molar-refractivity contribution < 1.29 is 9.53 Å². The van der Waals surface area contributed by atoms with Gasteiger partial charge in [0.15, 0.2) is 5.13 Å². The van der Waals surface area contributed by atoms with E-state index in [1.54, 1.807) is 12.5 Å². The smallest absolute Gasteiger partial charge is 0.271 e. The summed E-state index contributed by atoms with van der Waals surface area (Å²) in [6, 6.07) is 7.76. The van der Waals surface area contributed by atoms with Crippen molar-refractivity contribution in [2.45, 2.75) is 18.9 Å². The molecule has 0 aliphatic carbocycles. The third-order valence-corrected chi connectivity index (χ3v) is 4.47. The summed E-state index contributed by atoms with van der Waals surface area (Å²) in [5.41, 5.74) is 1.36. The van der Waals surface area contributed by atoms with E-state index in [4.69, 9.17) is 4.74 Å². The molecule has 1 saturated heterocycles. The van der Waals surface area contributed by atoms with E-state index in [1.165, 1.54) is 11.3 Å². The molecule has 3 rings (SSSR count). The number of carbonyl (C=O) groups is 1. The highest BCUT2D eigenvalue weighted by Gasteiger charge is 2.18. The summed E-state index contributed by atoms with van der Waals surface area (Å²) in [5, 5.41) is 12.0. The summed E-state index contributed by atoms with van der Waals surface area (Å²) in [7, 11) is 1.63. The SMILES string of the molecule is COc1ccc(Nc2nc(C(=O)N[C@H]3CCCNC3)cs2)cc1. The molecule has 122 valence electrons. The van der Waals surface area contributed by atoms with Crippen molar-refractivity contribution in [3.8, 4) is 5.75 Å². The Balaban J connectivity index is 1.59. The van der Waals surface area contributed by atoms with Gasteiger partial charge in [0, 0.05) is 23.7 Å². The first-order valence-corrected chi connectivity index (χ1v) is 8.51. The number of nitrogens with one attached hydrogen (secondary N) is 3. The molecule has 1 aliphatic rings. The van der Waals surface area contributed by atoms with E-state index in [-0.39, 0.29) is 11.9 Å². The van der Waals surface area contributed by atoms with Crippen molar-refractivity contribution in [1.29, 1.82) is 0 Å². The number of benzene rings is 1. The van der Waals surface area contributed by atoms with Gasteiger partial charge in [-0.1, -0.05) is 0 Å². The third-order valence-electron chi connectivity index (χ3n) is 3.71. The predicted molar refractivity (Wildman–Crippen MR) is 91.7 cm³/mol. The molecule has 23 heavy (non-hydrogen) atoms. The van der Waals surface area contributed by atoms with Crippen LogP contribution in [0.1, 0.15) is 23.3 Å². The second-order valence-corrected chi connectivity index (χ2v) is 6.27. The van der Waals surface area contributed by atoms with Gasteiger partial charge in [-0.25, -0.2) is 4.98 Å². The number of amides is 1. The largest absolute Gasteiger partial charge is 0.497 e.